The molecule has 4 rings (SSSR count). The third-order valence-electron chi connectivity index (χ3n) is 6.30. The average Bonchev–Trinajstić information content (AvgIpc) is 3.22. The van der Waals surface area contributed by atoms with Crippen LogP contribution in [0.4, 0.5) is 5.82 Å². The lowest BCUT2D eigenvalue weighted by Crippen LogP contribution is -2.39. The Kier molecular flexibility index (Phi) is 5.82. The molecule has 164 valence electrons. The van der Waals surface area contributed by atoms with E-state index in [1.165, 1.54) is 5.56 Å². The molecule has 1 aromatic heterocycles. The standard InChI is InChI=1S/C25H32N4O2/c1-17-20-10-11-21(30)29(15-12-18-8-6-5-7-9-18)23(20)27-22(26-17)19-13-14-28(16-19)24(31)25(2,3)4/h5-9,19H,10-16H2,1-4H3. The lowest BCUT2D eigenvalue weighted by molar-refractivity contribution is -0.138. The van der Waals surface area contributed by atoms with Crippen LogP contribution in [0.5, 0.6) is 0 Å². The van der Waals surface area contributed by atoms with E-state index < -0.39 is 0 Å². The van der Waals surface area contributed by atoms with Crippen molar-refractivity contribution in [2.24, 2.45) is 5.41 Å². The quantitative estimate of drug-likeness (QED) is 0.757. The van der Waals surface area contributed by atoms with E-state index in [-0.39, 0.29) is 23.1 Å². The van der Waals surface area contributed by atoms with E-state index in [1.807, 2.05) is 55.7 Å². The van der Waals surface area contributed by atoms with Crippen molar-refractivity contribution in [2.45, 2.75) is 59.3 Å². The molecule has 0 radical (unpaired) electrons. The number of nitrogens with zero attached hydrogens (tertiary/aromatic N) is 4. The predicted octanol–water partition coefficient (Wildman–Crippen LogP) is 3.67. The fourth-order valence-corrected chi connectivity index (χ4v) is 4.53. The molecule has 31 heavy (non-hydrogen) atoms. The number of likely N-dealkylation sites (tertiary alicyclic amines) is 1. The normalized spacial score (nSPS) is 19.0. The first-order valence-electron chi connectivity index (χ1n) is 11.2. The van der Waals surface area contributed by atoms with E-state index >= 15 is 0 Å². The highest BCUT2D eigenvalue weighted by molar-refractivity contribution is 5.95. The predicted molar refractivity (Wildman–Crippen MR) is 121 cm³/mol. The van der Waals surface area contributed by atoms with Gasteiger partial charge in [-0.3, -0.25) is 14.5 Å². The van der Waals surface area contributed by atoms with Crippen molar-refractivity contribution in [2.75, 3.05) is 24.5 Å². The van der Waals surface area contributed by atoms with Gasteiger partial charge in [0.2, 0.25) is 11.8 Å². The second-order valence-corrected chi connectivity index (χ2v) is 9.74. The molecule has 1 unspecified atom stereocenters. The van der Waals surface area contributed by atoms with Crippen LogP contribution in [0.25, 0.3) is 0 Å². The van der Waals surface area contributed by atoms with Crippen molar-refractivity contribution in [3.05, 3.63) is 53.0 Å². The number of rotatable bonds is 4. The number of fused-ring (bicyclic) bond motifs is 1. The Morgan fingerprint density at radius 1 is 1.13 bits per heavy atom. The third kappa shape index (κ3) is 4.48. The van der Waals surface area contributed by atoms with Crippen LogP contribution >= 0.6 is 0 Å². The number of aryl methyl sites for hydroxylation is 1. The van der Waals surface area contributed by atoms with Gasteiger partial charge in [0.1, 0.15) is 11.6 Å². The van der Waals surface area contributed by atoms with E-state index in [0.29, 0.717) is 25.9 Å². The molecule has 0 bridgehead atoms. The molecule has 1 aromatic carbocycles. The average molecular weight is 421 g/mol. The maximum Gasteiger partial charge on any atom is 0.228 e. The second kappa shape index (κ2) is 8.40. The Labute approximate surface area is 184 Å². The van der Waals surface area contributed by atoms with Crippen LogP contribution in [-0.4, -0.2) is 46.3 Å². The summed E-state index contributed by atoms with van der Waals surface area (Å²) in [5.41, 5.74) is 2.86. The van der Waals surface area contributed by atoms with Crippen LogP contribution in [0, 0.1) is 12.3 Å². The van der Waals surface area contributed by atoms with Crippen LogP contribution in [0.1, 0.15) is 62.2 Å². The van der Waals surface area contributed by atoms with Crippen molar-refractivity contribution in [3.8, 4) is 0 Å². The second-order valence-electron chi connectivity index (χ2n) is 9.74. The van der Waals surface area contributed by atoms with E-state index in [2.05, 4.69) is 12.1 Å². The number of benzene rings is 1. The maximum absolute atomic E-state index is 12.8. The summed E-state index contributed by atoms with van der Waals surface area (Å²) in [5.74, 6) is 1.95. The van der Waals surface area contributed by atoms with Crippen LogP contribution < -0.4 is 4.90 Å². The SMILES string of the molecule is Cc1nc(C2CCN(C(=O)C(C)(C)C)C2)nc2c1CCC(=O)N2CCc1ccccc1. The van der Waals surface area contributed by atoms with E-state index in [4.69, 9.17) is 9.97 Å². The molecule has 6 nitrogen and oxygen atoms in total. The van der Waals surface area contributed by atoms with Gasteiger partial charge in [-0.25, -0.2) is 9.97 Å². The first-order chi connectivity index (χ1) is 14.7. The van der Waals surface area contributed by atoms with Crippen LogP contribution in [0.15, 0.2) is 30.3 Å². The topological polar surface area (TPSA) is 66.4 Å². The van der Waals surface area contributed by atoms with Gasteiger partial charge in [-0.1, -0.05) is 51.1 Å². The van der Waals surface area contributed by atoms with Crippen molar-refractivity contribution >= 4 is 17.6 Å². The Bertz CT molecular complexity index is 981. The number of amides is 2. The summed E-state index contributed by atoms with van der Waals surface area (Å²) in [5, 5.41) is 0. The van der Waals surface area contributed by atoms with Gasteiger partial charge in [0.15, 0.2) is 0 Å². The molecule has 3 heterocycles. The summed E-state index contributed by atoms with van der Waals surface area (Å²) in [4.78, 5) is 39.0. The van der Waals surface area contributed by atoms with Crippen molar-refractivity contribution in [1.82, 2.24) is 14.9 Å². The molecule has 2 amide bonds. The molecule has 1 saturated heterocycles. The minimum Gasteiger partial charge on any atom is -0.341 e. The summed E-state index contributed by atoms with van der Waals surface area (Å²) < 4.78 is 0. The first-order valence-corrected chi connectivity index (χ1v) is 11.2. The summed E-state index contributed by atoms with van der Waals surface area (Å²) in [6.45, 7) is 9.88. The zero-order chi connectivity index (χ0) is 22.2. The van der Waals surface area contributed by atoms with Crippen molar-refractivity contribution in [3.63, 3.8) is 0 Å². The molecule has 2 aromatic rings. The molecule has 2 aliphatic heterocycles. The molecule has 1 atom stereocenters. The van der Waals surface area contributed by atoms with Gasteiger partial charge in [0, 0.05) is 48.6 Å². The monoisotopic (exact) mass is 420 g/mol. The Morgan fingerprint density at radius 3 is 2.58 bits per heavy atom. The summed E-state index contributed by atoms with van der Waals surface area (Å²) in [7, 11) is 0. The Balaban J connectivity index is 1.57. The number of carbonyl (C=O) groups excluding carboxylic acids is 2. The molecule has 0 saturated carbocycles. The van der Waals surface area contributed by atoms with E-state index in [1.54, 1.807) is 0 Å². The summed E-state index contributed by atoms with van der Waals surface area (Å²) in [6, 6.07) is 10.2. The number of carbonyl (C=O) groups is 2. The summed E-state index contributed by atoms with van der Waals surface area (Å²) in [6.07, 6.45) is 2.85. The lowest BCUT2D eigenvalue weighted by atomic mass is 9.95. The van der Waals surface area contributed by atoms with Gasteiger partial charge < -0.3 is 4.90 Å². The highest BCUT2D eigenvalue weighted by Crippen LogP contribution is 2.33. The molecular formula is C25H32N4O2. The molecule has 6 heteroatoms. The fourth-order valence-electron chi connectivity index (χ4n) is 4.53. The van der Waals surface area contributed by atoms with Crippen LogP contribution in [-0.2, 0) is 22.4 Å². The molecule has 2 aliphatic rings. The number of hydrogen-bond acceptors (Lipinski definition) is 4. The molecular weight excluding hydrogens is 388 g/mol. The number of aromatic nitrogens is 2. The van der Waals surface area contributed by atoms with Crippen LogP contribution in [0.3, 0.4) is 0 Å². The van der Waals surface area contributed by atoms with Gasteiger partial charge >= 0.3 is 0 Å². The van der Waals surface area contributed by atoms with E-state index in [0.717, 1.165) is 42.3 Å². The summed E-state index contributed by atoms with van der Waals surface area (Å²) >= 11 is 0. The Morgan fingerprint density at radius 2 is 1.87 bits per heavy atom. The minimum atomic E-state index is -0.387. The molecule has 0 aliphatic carbocycles. The van der Waals surface area contributed by atoms with Gasteiger partial charge in [-0.15, -0.1) is 0 Å². The molecule has 0 N–H and O–H groups in total. The molecule has 0 spiro atoms. The smallest absolute Gasteiger partial charge is 0.228 e. The van der Waals surface area contributed by atoms with Crippen molar-refractivity contribution < 1.29 is 9.59 Å². The maximum atomic E-state index is 12.8. The van der Waals surface area contributed by atoms with Gasteiger partial charge in [0.25, 0.3) is 0 Å². The van der Waals surface area contributed by atoms with Gasteiger partial charge in [-0.2, -0.15) is 0 Å². The third-order valence-corrected chi connectivity index (χ3v) is 6.30. The first kappa shape index (κ1) is 21.5. The van der Waals surface area contributed by atoms with Crippen molar-refractivity contribution in [1.29, 1.82) is 0 Å². The van der Waals surface area contributed by atoms with Gasteiger partial charge in [-0.05, 0) is 31.7 Å². The van der Waals surface area contributed by atoms with Crippen LogP contribution in [0.2, 0.25) is 0 Å². The highest BCUT2D eigenvalue weighted by atomic mass is 16.2. The Hall–Kier alpha value is -2.76. The largest absolute Gasteiger partial charge is 0.341 e. The zero-order valence-corrected chi connectivity index (χ0v) is 19.0. The lowest BCUT2D eigenvalue weighted by Gasteiger charge is -2.30. The highest BCUT2D eigenvalue weighted by Gasteiger charge is 2.36. The number of anilines is 1. The minimum absolute atomic E-state index is 0.114. The van der Waals surface area contributed by atoms with E-state index in [9.17, 15) is 9.59 Å². The zero-order valence-electron chi connectivity index (χ0n) is 19.0. The molecule has 1 fully saturated rings. The number of hydrogen-bond donors (Lipinski definition) is 0. The van der Waals surface area contributed by atoms with Gasteiger partial charge in [0.05, 0.1) is 0 Å². The fraction of sp³-hybridized carbons (Fsp3) is 0.520.